The topological polar surface area (TPSA) is 67.6 Å². The van der Waals surface area contributed by atoms with Gasteiger partial charge < -0.3 is 20.7 Å². The highest BCUT2D eigenvalue weighted by Gasteiger charge is 2.28. The standard InChI is InChI=1S/C12H25N3O2.ClH/c1-12(2,3)10(13)11(16)14-7-9-8-15(4)5-6-17-9;/h9-10H,5-8,13H2,1-4H3,(H,14,16);1H/t9?,10-;/m1./s1. The first-order chi connectivity index (χ1) is 7.80. The average molecular weight is 280 g/mol. The Kier molecular flexibility index (Phi) is 7.14. The van der Waals surface area contributed by atoms with Crippen LogP contribution in [0.5, 0.6) is 0 Å². The lowest BCUT2D eigenvalue weighted by Crippen LogP contribution is -2.52. The van der Waals surface area contributed by atoms with E-state index in [1.165, 1.54) is 0 Å². The molecule has 1 rings (SSSR count). The molecular formula is C12H26ClN3O2. The quantitative estimate of drug-likeness (QED) is 0.776. The summed E-state index contributed by atoms with van der Waals surface area (Å²) >= 11 is 0. The molecule has 0 saturated carbocycles. The predicted molar refractivity (Wildman–Crippen MR) is 74.9 cm³/mol. The van der Waals surface area contributed by atoms with Crippen molar-refractivity contribution < 1.29 is 9.53 Å². The Balaban J connectivity index is 0.00000289. The van der Waals surface area contributed by atoms with E-state index < -0.39 is 6.04 Å². The summed E-state index contributed by atoms with van der Waals surface area (Å²) in [7, 11) is 2.05. The van der Waals surface area contributed by atoms with Crippen molar-refractivity contribution in [1.29, 1.82) is 0 Å². The second-order valence-electron chi connectivity index (χ2n) is 5.84. The van der Waals surface area contributed by atoms with E-state index in [0.717, 1.165) is 19.7 Å². The number of halogens is 1. The summed E-state index contributed by atoms with van der Waals surface area (Å²) in [6.07, 6.45) is 0.0740. The number of nitrogens with zero attached hydrogens (tertiary/aromatic N) is 1. The first kappa shape index (κ1) is 17.6. The van der Waals surface area contributed by atoms with Crippen molar-refractivity contribution in [2.24, 2.45) is 11.1 Å². The highest BCUT2D eigenvalue weighted by molar-refractivity contribution is 5.85. The zero-order chi connectivity index (χ0) is 13.1. The smallest absolute Gasteiger partial charge is 0.237 e. The molecule has 1 amide bonds. The minimum Gasteiger partial charge on any atom is -0.374 e. The molecule has 2 atom stereocenters. The fourth-order valence-electron chi connectivity index (χ4n) is 1.71. The maximum Gasteiger partial charge on any atom is 0.237 e. The van der Waals surface area contributed by atoms with E-state index in [9.17, 15) is 4.79 Å². The van der Waals surface area contributed by atoms with Gasteiger partial charge >= 0.3 is 0 Å². The minimum absolute atomic E-state index is 0. The Bertz CT molecular complexity index is 269. The summed E-state index contributed by atoms with van der Waals surface area (Å²) < 4.78 is 5.57. The molecule has 108 valence electrons. The summed E-state index contributed by atoms with van der Waals surface area (Å²) in [6.45, 7) is 8.94. The van der Waals surface area contributed by atoms with Crippen LogP contribution in [-0.2, 0) is 9.53 Å². The molecule has 3 N–H and O–H groups in total. The molecule has 0 radical (unpaired) electrons. The van der Waals surface area contributed by atoms with Gasteiger partial charge in [0.2, 0.25) is 5.91 Å². The second-order valence-corrected chi connectivity index (χ2v) is 5.84. The van der Waals surface area contributed by atoms with E-state index in [0.29, 0.717) is 6.54 Å². The third kappa shape index (κ3) is 5.52. The number of hydrogen-bond acceptors (Lipinski definition) is 4. The van der Waals surface area contributed by atoms with Gasteiger partial charge in [0.05, 0.1) is 18.8 Å². The molecule has 1 heterocycles. The molecule has 6 heteroatoms. The number of ether oxygens (including phenoxy) is 1. The van der Waals surface area contributed by atoms with Gasteiger partial charge in [-0.15, -0.1) is 12.4 Å². The van der Waals surface area contributed by atoms with Crippen LogP contribution in [0.3, 0.4) is 0 Å². The Morgan fingerprint density at radius 1 is 1.56 bits per heavy atom. The van der Waals surface area contributed by atoms with E-state index in [1.807, 2.05) is 20.8 Å². The molecule has 18 heavy (non-hydrogen) atoms. The third-order valence-electron chi connectivity index (χ3n) is 3.06. The van der Waals surface area contributed by atoms with Crippen LogP contribution in [0.15, 0.2) is 0 Å². The fourth-order valence-corrected chi connectivity index (χ4v) is 1.71. The maximum atomic E-state index is 11.8. The molecule has 1 aliphatic heterocycles. The zero-order valence-electron chi connectivity index (χ0n) is 11.7. The number of amides is 1. The van der Waals surface area contributed by atoms with Gasteiger partial charge in [-0.25, -0.2) is 0 Å². The Morgan fingerprint density at radius 3 is 2.67 bits per heavy atom. The summed E-state index contributed by atoms with van der Waals surface area (Å²) in [5.41, 5.74) is 5.66. The first-order valence-corrected chi connectivity index (χ1v) is 6.14. The van der Waals surface area contributed by atoms with Crippen molar-refractivity contribution in [3.8, 4) is 0 Å². The van der Waals surface area contributed by atoms with Crippen LogP contribution in [0.25, 0.3) is 0 Å². The van der Waals surface area contributed by atoms with Gasteiger partial charge in [0.25, 0.3) is 0 Å². The maximum absolute atomic E-state index is 11.8. The molecule has 1 fully saturated rings. The number of likely N-dealkylation sites (N-methyl/N-ethyl adjacent to an activating group) is 1. The highest BCUT2D eigenvalue weighted by Crippen LogP contribution is 2.17. The Labute approximate surface area is 116 Å². The van der Waals surface area contributed by atoms with E-state index in [-0.39, 0.29) is 29.8 Å². The molecule has 0 aromatic carbocycles. The Hall–Kier alpha value is -0.360. The van der Waals surface area contributed by atoms with Gasteiger partial charge in [-0.05, 0) is 12.5 Å². The van der Waals surface area contributed by atoms with Crippen LogP contribution in [0.4, 0.5) is 0 Å². The van der Waals surface area contributed by atoms with Crippen LogP contribution >= 0.6 is 12.4 Å². The summed E-state index contributed by atoms with van der Waals surface area (Å²) in [5, 5.41) is 2.86. The van der Waals surface area contributed by atoms with Gasteiger partial charge in [0, 0.05) is 19.6 Å². The van der Waals surface area contributed by atoms with Gasteiger partial charge in [-0.2, -0.15) is 0 Å². The van der Waals surface area contributed by atoms with E-state index in [4.69, 9.17) is 10.5 Å². The summed E-state index contributed by atoms with van der Waals surface area (Å²) in [5.74, 6) is -0.102. The van der Waals surface area contributed by atoms with Gasteiger partial charge in [-0.1, -0.05) is 20.8 Å². The molecule has 0 aromatic rings. The number of morpholine rings is 1. The van der Waals surface area contributed by atoms with Gasteiger partial charge in [0.1, 0.15) is 0 Å². The van der Waals surface area contributed by atoms with Crippen molar-refractivity contribution in [3.05, 3.63) is 0 Å². The number of carbonyl (C=O) groups is 1. The molecular weight excluding hydrogens is 254 g/mol. The average Bonchev–Trinajstić information content (AvgIpc) is 2.23. The van der Waals surface area contributed by atoms with Crippen LogP contribution in [0, 0.1) is 5.41 Å². The van der Waals surface area contributed by atoms with E-state index in [1.54, 1.807) is 0 Å². The summed E-state index contributed by atoms with van der Waals surface area (Å²) in [4.78, 5) is 14.0. The molecule has 1 saturated heterocycles. The van der Waals surface area contributed by atoms with Crippen molar-refractivity contribution in [2.75, 3.05) is 33.3 Å². The fraction of sp³-hybridized carbons (Fsp3) is 0.917. The van der Waals surface area contributed by atoms with Crippen molar-refractivity contribution in [2.45, 2.75) is 32.9 Å². The molecule has 1 aliphatic rings. The summed E-state index contributed by atoms with van der Waals surface area (Å²) in [6, 6.07) is -0.483. The number of carbonyl (C=O) groups excluding carboxylic acids is 1. The van der Waals surface area contributed by atoms with Gasteiger partial charge in [0.15, 0.2) is 0 Å². The number of hydrogen-bond donors (Lipinski definition) is 2. The Morgan fingerprint density at radius 2 is 2.17 bits per heavy atom. The van der Waals surface area contributed by atoms with Crippen molar-refractivity contribution in [1.82, 2.24) is 10.2 Å². The molecule has 0 aromatic heterocycles. The van der Waals surface area contributed by atoms with E-state index >= 15 is 0 Å². The molecule has 0 aliphatic carbocycles. The van der Waals surface area contributed by atoms with Crippen LogP contribution in [-0.4, -0.2) is 56.2 Å². The predicted octanol–water partition coefficient (Wildman–Crippen LogP) is 0.228. The lowest BCUT2D eigenvalue weighted by Gasteiger charge is -2.31. The van der Waals surface area contributed by atoms with Crippen LogP contribution in [0.1, 0.15) is 20.8 Å². The SMILES string of the molecule is CN1CCOC(CNC(=O)[C@@H](N)C(C)(C)C)C1.Cl. The number of nitrogens with one attached hydrogen (secondary N) is 1. The van der Waals surface area contributed by atoms with E-state index in [2.05, 4.69) is 17.3 Å². The largest absolute Gasteiger partial charge is 0.374 e. The third-order valence-corrected chi connectivity index (χ3v) is 3.06. The highest BCUT2D eigenvalue weighted by atomic mass is 35.5. The lowest BCUT2D eigenvalue weighted by molar-refractivity contribution is -0.125. The monoisotopic (exact) mass is 279 g/mol. The lowest BCUT2D eigenvalue weighted by atomic mass is 9.87. The molecule has 5 nitrogen and oxygen atoms in total. The van der Waals surface area contributed by atoms with Gasteiger partial charge in [-0.3, -0.25) is 4.79 Å². The molecule has 0 bridgehead atoms. The minimum atomic E-state index is -0.483. The van der Waals surface area contributed by atoms with Crippen molar-refractivity contribution in [3.63, 3.8) is 0 Å². The zero-order valence-corrected chi connectivity index (χ0v) is 12.5. The van der Waals surface area contributed by atoms with Crippen LogP contribution in [0.2, 0.25) is 0 Å². The van der Waals surface area contributed by atoms with Crippen molar-refractivity contribution >= 4 is 18.3 Å². The molecule has 1 unspecified atom stereocenters. The molecule has 0 spiro atoms. The normalized spacial score (nSPS) is 23.1. The second kappa shape index (κ2) is 7.28. The first-order valence-electron chi connectivity index (χ1n) is 6.14. The number of nitrogens with two attached hydrogens (primary N) is 1. The van der Waals surface area contributed by atoms with Crippen LogP contribution < -0.4 is 11.1 Å². The number of rotatable bonds is 3.